The van der Waals surface area contributed by atoms with Crippen molar-refractivity contribution < 1.29 is 23.8 Å². The molecule has 0 aromatic heterocycles. The molecule has 0 saturated carbocycles. The Hall–Kier alpha value is -3.86. The predicted molar refractivity (Wildman–Crippen MR) is 113 cm³/mol. The summed E-state index contributed by atoms with van der Waals surface area (Å²) < 4.78 is 16.7. The molecule has 1 unspecified atom stereocenters. The molecule has 0 fully saturated rings. The summed E-state index contributed by atoms with van der Waals surface area (Å²) in [5, 5.41) is 0. The van der Waals surface area contributed by atoms with Crippen molar-refractivity contribution in [1.29, 1.82) is 0 Å². The molecule has 3 aromatic carbocycles. The average molecular weight is 400 g/mol. The lowest BCUT2D eigenvalue weighted by molar-refractivity contribution is -0.132. The van der Waals surface area contributed by atoms with E-state index >= 15 is 0 Å². The van der Waals surface area contributed by atoms with Gasteiger partial charge in [0.15, 0.2) is 0 Å². The van der Waals surface area contributed by atoms with E-state index < -0.39 is 0 Å². The Morgan fingerprint density at radius 2 is 1.43 bits per heavy atom. The van der Waals surface area contributed by atoms with Crippen LogP contribution in [0.25, 0.3) is 11.6 Å². The Kier molecular flexibility index (Phi) is 5.35. The third-order valence-corrected chi connectivity index (χ3v) is 4.64. The van der Waals surface area contributed by atoms with Crippen molar-refractivity contribution in [1.82, 2.24) is 0 Å². The van der Waals surface area contributed by atoms with Crippen LogP contribution in [0.4, 0.5) is 0 Å². The zero-order valence-corrected chi connectivity index (χ0v) is 16.6. The average Bonchev–Trinajstić information content (AvgIpc) is 2.73. The van der Waals surface area contributed by atoms with Gasteiger partial charge in [0.2, 0.25) is 0 Å². The molecule has 1 atom stereocenters. The Labute approximate surface area is 174 Å². The molecule has 0 spiro atoms. The number of hydrogen-bond acceptors (Lipinski definition) is 5. The van der Waals surface area contributed by atoms with Crippen molar-refractivity contribution in [3.8, 4) is 17.2 Å². The number of benzene rings is 3. The van der Waals surface area contributed by atoms with Crippen molar-refractivity contribution in [2.45, 2.75) is 20.0 Å². The largest absolute Gasteiger partial charge is 0.480 e. The van der Waals surface area contributed by atoms with Gasteiger partial charge in [0.05, 0.1) is 0 Å². The third-order valence-electron chi connectivity index (χ3n) is 4.64. The topological polar surface area (TPSA) is 61.8 Å². The first kappa shape index (κ1) is 19.5. The standard InChI is InChI=1S/C25H20O5/c1-16(26)28-21-11-8-18(9-12-21)23-14-20-10-13-22(29-17(2)27)15-24(20)30-25(23)19-6-4-3-5-7-19/h3-15,25H,1-2H3. The number of hydrogen-bond donors (Lipinski definition) is 0. The van der Waals surface area contributed by atoms with Gasteiger partial charge in [-0.2, -0.15) is 0 Å². The molecule has 4 rings (SSSR count). The summed E-state index contributed by atoms with van der Waals surface area (Å²) in [5.41, 5.74) is 3.81. The molecule has 3 aromatic rings. The minimum atomic E-state index is -0.380. The maximum atomic E-state index is 11.3. The van der Waals surface area contributed by atoms with Crippen molar-refractivity contribution in [3.05, 3.63) is 89.5 Å². The normalized spacial score (nSPS) is 14.7. The van der Waals surface area contributed by atoms with Gasteiger partial charge in [-0.25, -0.2) is 0 Å². The highest BCUT2D eigenvalue weighted by Gasteiger charge is 2.26. The van der Waals surface area contributed by atoms with Crippen molar-refractivity contribution in [3.63, 3.8) is 0 Å². The zero-order valence-electron chi connectivity index (χ0n) is 16.6. The molecular weight excluding hydrogens is 380 g/mol. The molecule has 1 aliphatic rings. The lowest BCUT2D eigenvalue weighted by Crippen LogP contribution is -2.14. The first-order chi connectivity index (χ1) is 14.5. The first-order valence-electron chi connectivity index (χ1n) is 9.54. The molecule has 0 saturated heterocycles. The summed E-state index contributed by atoms with van der Waals surface area (Å²) in [7, 11) is 0. The molecule has 5 nitrogen and oxygen atoms in total. The fraction of sp³-hybridized carbons (Fsp3) is 0.120. The maximum Gasteiger partial charge on any atom is 0.308 e. The quantitative estimate of drug-likeness (QED) is 0.444. The summed E-state index contributed by atoms with van der Waals surface area (Å²) in [6.45, 7) is 2.74. The van der Waals surface area contributed by atoms with Gasteiger partial charge in [-0.1, -0.05) is 42.5 Å². The molecule has 0 bridgehead atoms. The molecule has 0 radical (unpaired) electrons. The number of carbonyl (C=O) groups is 2. The summed E-state index contributed by atoms with van der Waals surface area (Å²) in [6.07, 6.45) is 1.72. The summed E-state index contributed by atoms with van der Waals surface area (Å²) in [4.78, 5) is 22.5. The lowest BCUT2D eigenvalue weighted by Gasteiger charge is -2.28. The smallest absolute Gasteiger partial charge is 0.308 e. The monoisotopic (exact) mass is 400 g/mol. The predicted octanol–water partition coefficient (Wildman–Crippen LogP) is 5.21. The summed E-state index contributed by atoms with van der Waals surface area (Å²) >= 11 is 0. The van der Waals surface area contributed by atoms with E-state index in [4.69, 9.17) is 14.2 Å². The van der Waals surface area contributed by atoms with Crippen molar-refractivity contribution in [2.24, 2.45) is 0 Å². The SMILES string of the molecule is CC(=O)Oc1ccc(C2=Cc3ccc(OC(C)=O)cc3OC2c2ccccc2)cc1. The van der Waals surface area contributed by atoms with Crippen LogP contribution in [0.2, 0.25) is 0 Å². The molecule has 0 amide bonds. The third kappa shape index (κ3) is 4.25. The molecule has 30 heavy (non-hydrogen) atoms. The fourth-order valence-corrected chi connectivity index (χ4v) is 3.39. The van der Waals surface area contributed by atoms with E-state index in [1.54, 1.807) is 24.3 Å². The van der Waals surface area contributed by atoms with E-state index in [0.717, 1.165) is 22.3 Å². The molecule has 1 heterocycles. The lowest BCUT2D eigenvalue weighted by atomic mass is 9.91. The van der Waals surface area contributed by atoms with Gasteiger partial charge in [0.1, 0.15) is 23.4 Å². The van der Waals surface area contributed by atoms with Crippen LogP contribution in [0, 0.1) is 0 Å². The van der Waals surface area contributed by atoms with Gasteiger partial charge >= 0.3 is 11.9 Å². The van der Waals surface area contributed by atoms with Crippen molar-refractivity contribution >= 4 is 23.6 Å². The molecule has 0 aliphatic carbocycles. The van der Waals surface area contributed by atoms with E-state index in [0.29, 0.717) is 17.2 Å². The molecule has 150 valence electrons. The number of carbonyl (C=O) groups excluding carboxylic acids is 2. The van der Waals surface area contributed by atoms with Gasteiger partial charge in [-0.3, -0.25) is 9.59 Å². The van der Waals surface area contributed by atoms with E-state index in [2.05, 4.69) is 6.08 Å². The molecule has 0 N–H and O–H groups in total. The first-order valence-corrected chi connectivity index (χ1v) is 9.54. The highest BCUT2D eigenvalue weighted by Crippen LogP contribution is 2.43. The van der Waals surface area contributed by atoms with Gasteiger partial charge in [-0.15, -0.1) is 0 Å². The highest BCUT2D eigenvalue weighted by molar-refractivity contribution is 5.88. The fourth-order valence-electron chi connectivity index (χ4n) is 3.39. The van der Waals surface area contributed by atoms with Crippen LogP contribution in [-0.4, -0.2) is 11.9 Å². The Morgan fingerprint density at radius 3 is 2.10 bits per heavy atom. The van der Waals surface area contributed by atoms with Crippen molar-refractivity contribution in [2.75, 3.05) is 0 Å². The van der Waals surface area contributed by atoms with Gasteiger partial charge in [-0.05, 0) is 41.5 Å². The molecular formula is C25H20O5. The summed E-state index contributed by atoms with van der Waals surface area (Å²) in [6, 6.07) is 22.6. The van der Waals surface area contributed by atoms with E-state index in [9.17, 15) is 9.59 Å². The minimum Gasteiger partial charge on any atom is -0.480 e. The van der Waals surface area contributed by atoms with E-state index in [1.165, 1.54) is 13.8 Å². The van der Waals surface area contributed by atoms with E-state index in [1.807, 2.05) is 48.5 Å². The summed E-state index contributed by atoms with van der Waals surface area (Å²) in [5.74, 6) is 0.835. The van der Waals surface area contributed by atoms with Crippen LogP contribution in [0.3, 0.4) is 0 Å². The van der Waals surface area contributed by atoms with Gasteiger partial charge in [0.25, 0.3) is 0 Å². The number of rotatable bonds is 4. The van der Waals surface area contributed by atoms with Crippen LogP contribution in [0.15, 0.2) is 72.8 Å². The molecule has 5 heteroatoms. The minimum absolute atomic E-state index is 0.342. The van der Waals surface area contributed by atoms with Crippen LogP contribution in [-0.2, 0) is 9.59 Å². The Bertz CT molecular complexity index is 1110. The Balaban J connectivity index is 1.76. The van der Waals surface area contributed by atoms with Crippen LogP contribution in [0.1, 0.15) is 36.6 Å². The number of esters is 2. The second kappa shape index (κ2) is 8.25. The van der Waals surface area contributed by atoms with Crippen LogP contribution >= 0.6 is 0 Å². The van der Waals surface area contributed by atoms with Crippen LogP contribution in [0.5, 0.6) is 17.2 Å². The second-order valence-electron chi connectivity index (χ2n) is 6.92. The zero-order chi connectivity index (χ0) is 21.1. The number of ether oxygens (including phenoxy) is 3. The highest BCUT2D eigenvalue weighted by atomic mass is 16.5. The van der Waals surface area contributed by atoms with Gasteiger partial charge < -0.3 is 14.2 Å². The van der Waals surface area contributed by atoms with Crippen LogP contribution < -0.4 is 14.2 Å². The maximum absolute atomic E-state index is 11.3. The Morgan fingerprint density at radius 1 is 0.800 bits per heavy atom. The second-order valence-corrected chi connectivity index (χ2v) is 6.92. The van der Waals surface area contributed by atoms with E-state index in [-0.39, 0.29) is 18.0 Å². The number of fused-ring (bicyclic) bond motifs is 1. The van der Waals surface area contributed by atoms with Gasteiger partial charge in [0, 0.05) is 31.1 Å². The molecule has 1 aliphatic heterocycles.